The van der Waals surface area contributed by atoms with Crippen LogP contribution in [0.4, 0.5) is 0 Å². The highest BCUT2D eigenvalue weighted by atomic mass is 32.1. The van der Waals surface area contributed by atoms with Crippen molar-refractivity contribution in [2.75, 3.05) is 13.7 Å². The quantitative estimate of drug-likeness (QED) is 0.852. The van der Waals surface area contributed by atoms with Crippen LogP contribution in [-0.4, -0.2) is 18.8 Å². The van der Waals surface area contributed by atoms with Crippen molar-refractivity contribution in [3.8, 4) is 5.75 Å². The van der Waals surface area contributed by atoms with Gasteiger partial charge in [0.1, 0.15) is 5.75 Å². The predicted molar refractivity (Wildman–Crippen MR) is 78.7 cm³/mol. The zero-order valence-corrected chi connectivity index (χ0v) is 12.0. The first-order valence-electron chi connectivity index (χ1n) is 6.28. The normalized spacial score (nSPS) is 14.1. The van der Waals surface area contributed by atoms with E-state index >= 15 is 0 Å². The van der Waals surface area contributed by atoms with Gasteiger partial charge in [0.25, 0.3) is 0 Å². The van der Waals surface area contributed by atoms with Gasteiger partial charge in [-0.2, -0.15) is 11.3 Å². The molecule has 2 N–H and O–H groups in total. The van der Waals surface area contributed by atoms with E-state index in [1.165, 1.54) is 5.56 Å². The molecule has 0 bridgehead atoms. The van der Waals surface area contributed by atoms with Gasteiger partial charge >= 0.3 is 0 Å². The van der Waals surface area contributed by atoms with Gasteiger partial charge < -0.3 is 15.2 Å². The molecule has 1 heterocycles. The maximum atomic E-state index is 10.2. The van der Waals surface area contributed by atoms with Gasteiger partial charge in [0.15, 0.2) is 0 Å². The molecule has 2 aromatic rings. The summed E-state index contributed by atoms with van der Waals surface area (Å²) in [6.07, 6.45) is -0.531. The van der Waals surface area contributed by atoms with E-state index in [0.29, 0.717) is 6.54 Å². The Bertz CT molecular complexity index is 499. The van der Waals surface area contributed by atoms with Crippen LogP contribution in [0, 0.1) is 0 Å². The van der Waals surface area contributed by atoms with Crippen LogP contribution in [0.3, 0.4) is 0 Å². The molecule has 4 heteroatoms. The van der Waals surface area contributed by atoms with E-state index in [1.54, 1.807) is 18.4 Å². The van der Waals surface area contributed by atoms with Crippen LogP contribution in [-0.2, 0) is 0 Å². The minimum atomic E-state index is -0.531. The van der Waals surface area contributed by atoms with Crippen LogP contribution in [0.25, 0.3) is 0 Å². The maximum Gasteiger partial charge on any atom is 0.119 e. The first kappa shape index (κ1) is 14.1. The monoisotopic (exact) mass is 277 g/mol. The molecule has 3 nitrogen and oxygen atoms in total. The van der Waals surface area contributed by atoms with Crippen molar-refractivity contribution in [1.29, 1.82) is 0 Å². The summed E-state index contributed by atoms with van der Waals surface area (Å²) in [6, 6.07) is 9.87. The Kier molecular flexibility index (Phi) is 4.96. The molecule has 0 aliphatic rings. The molecule has 2 rings (SSSR count). The summed E-state index contributed by atoms with van der Waals surface area (Å²) in [4.78, 5) is 0. The third-order valence-corrected chi connectivity index (χ3v) is 3.84. The van der Waals surface area contributed by atoms with E-state index < -0.39 is 6.10 Å². The molecule has 2 atom stereocenters. The lowest BCUT2D eigenvalue weighted by atomic mass is 10.1. The number of nitrogens with one attached hydrogen (secondary N) is 1. The number of aliphatic hydroxyl groups is 1. The molecule has 0 unspecified atom stereocenters. The van der Waals surface area contributed by atoms with Crippen LogP contribution in [0.5, 0.6) is 5.75 Å². The lowest BCUT2D eigenvalue weighted by molar-refractivity contribution is 0.170. The molecule has 0 spiro atoms. The number of methoxy groups -OCH3 is 1. The average Bonchev–Trinajstić information content (AvgIpc) is 2.98. The van der Waals surface area contributed by atoms with Gasteiger partial charge in [-0.3, -0.25) is 0 Å². The Labute approximate surface area is 117 Å². The van der Waals surface area contributed by atoms with Crippen molar-refractivity contribution in [1.82, 2.24) is 5.32 Å². The Hall–Kier alpha value is -1.36. The van der Waals surface area contributed by atoms with Crippen molar-refractivity contribution in [2.45, 2.75) is 19.1 Å². The van der Waals surface area contributed by atoms with Crippen molar-refractivity contribution in [3.63, 3.8) is 0 Å². The number of hydrogen-bond donors (Lipinski definition) is 2. The number of benzene rings is 1. The molecule has 0 fully saturated rings. The zero-order valence-electron chi connectivity index (χ0n) is 11.2. The summed E-state index contributed by atoms with van der Waals surface area (Å²) < 4.78 is 5.16. The second-order valence-corrected chi connectivity index (χ2v) is 5.26. The fourth-order valence-electron chi connectivity index (χ4n) is 1.89. The van der Waals surface area contributed by atoms with Crippen molar-refractivity contribution in [2.24, 2.45) is 0 Å². The van der Waals surface area contributed by atoms with E-state index in [4.69, 9.17) is 4.74 Å². The molecule has 0 amide bonds. The lowest BCUT2D eigenvalue weighted by Gasteiger charge is -2.17. The molecule has 0 aliphatic heterocycles. The zero-order chi connectivity index (χ0) is 13.7. The minimum absolute atomic E-state index is 0.242. The van der Waals surface area contributed by atoms with E-state index in [0.717, 1.165) is 11.3 Å². The molecular formula is C15H19NO2S. The number of aliphatic hydroxyl groups excluding tert-OH is 1. The molecular weight excluding hydrogens is 258 g/mol. The number of thiophene rings is 1. The number of ether oxygens (including phenoxy) is 1. The average molecular weight is 277 g/mol. The summed E-state index contributed by atoms with van der Waals surface area (Å²) >= 11 is 1.68. The Morgan fingerprint density at radius 3 is 2.84 bits per heavy atom. The van der Waals surface area contributed by atoms with Crippen LogP contribution >= 0.6 is 11.3 Å². The van der Waals surface area contributed by atoms with E-state index in [1.807, 2.05) is 24.3 Å². The number of hydrogen-bond acceptors (Lipinski definition) is 4. The summed E-state index contributed by atoms with van der Waals surface area (Å²) in [6.45, 7) is 2.62. The van der Waals surface area contributed by atoms with Crippen LogP contribution in [0.15, 0.2) is 41.1 Å². The molecule has 0 aliphatic carbocycles. The summed E-state index contributed by atoms with van der Waals surface area (Å²) in [7, 11) is 1.63. The van der Waals surface area contributed by atoms with Crippen molar-refractivity contribution < 1.29 is 9.84 Å². The molecule has 102 valence electrons. The van der Waals surface area contributed by atoms with Crippen LogP contribution in [0.2, 0.25) is 0 Å². The van der Waals surface area contributed by atoms with Gasteiger partial charge in [-0.25, -0.2) is 0 Å². The second kappa shape index (κ2) is 6.70. The van der Waals surface area contributed by atoms with Gasteiger partial charge in [0.2, 0.25) is 0 Å². The Morgan fingerprint density at radius 1 is 1.32 bits per heavy atom. The third-order valence-electron chi connectivity index (χ3n) is 3.14. The highest BCUT2D eigenvalue weighted by molar-refractivity contribution is 7.07. The third kappa shape index (κ3) is 3.80. The predicted octanol–water partition coefficient (Wildman–Crippen LogP) is 3.14. The van der Waals surface area contributed by atoms with Gasteiger partial charge in [-0.1, -0.05) is 12.1 Å². The second-order valence-electron chi connectivity index (χ2n) is 4.48. The Balaban J connectivity index is 1.91. The minimum Gasteiger partial charge on any atom is -0.497 e. The van der Waals surface area contributed by atoms with Gasteiger partial charge in [-0.15, -0.1) is 0 Å². The molecule has 19 heavy (non-hydrogen) atoms. The first-order chi connectivity index (χ1) is 9.20. The summed E-state index contributed by atoms with van der Waals surface area (Å²) in [5.74, 6) is 0.766. The van der Waals surface area contributed by atoms with Crippen LogP contribution < -0.4 is 10.1 Å². The van der Waals surface area contributed by atoms with Gasteiger partial charge in [0.05, 0.1) is 13.2 Å². The van der Waals surface area contributed by atoms with Crippen molar-refractivity contribution in [3.05, 3.63) is 52.2 Å². The van der Waals surface area contributed by atoms with Gasteiger partial charge in [0, 0.05) is 12.6 Å². The van der Waals surface area contributed by atoms with E-state index in [2.05, 4.69) is 29.1 Å². The fourth-order valence-corrected chi connectivity index (χ4v) is 2.65. The SMILES string of the molecule is COc1cccc([C@H](O)CN[C@@H](C)c2ccsc2)c1. The molecule has 0 saturated carbocycles. The van der Waals surface area contributed by atoms with Crippen LogP contribution in [0.1, 0.15) is 30.2 Å². The molecule has 0 radical (unpaired) electrons. The summed E-state index contributed by atoms with van der Waals surface area (Å²) in [5, 5.41) is 17.7. The first-order valence-corrected chi connectivity index (χ1v) is 7.22. The van der Waals surface area contributed by atoms with E-state index in [9.17, 15) is 5.11 Å². The molecule has 1 aromatic heterocycles. The molecule has 0 saturated heterocycles. The molecule has 1 aromatic carbocycles. The Morgan fingerprint density at radius 2 is 2.16 bits per heavy atom. The van der Waals surface area contributed by atoms with Crippen molar-refractivity contribution >= 4 is 11.3 Å². The maximum absolute atomic E-state index is 10.2. The van der Waals surface area contributed by atoms with E-state index in [-0.39, 0.29) is 6.04 Å². The van der Waals surface area contributed by atoms with Gasteiger partial charge in [-0.05, 0) is 47.0 Å². The smallest absolute Gasteiger partial charge is 0.119 e. The number of rotatable bonds is 6. The topological polar surface area (TPSA) is 41.5 Å². The largest absolute Gasteiger partial charge is 0.497 e. The highest BCUT2D eigenvalue weighted by Crippen LogP contribution is 2.20. The summed E-state index contributed by atoms with van der Waals surface area (Å²) in [5.41, 5.74) is 2.12. The highest BCUT2D eigenvalue weighted by Gasteiger charge is 2.11. The lowest BCUT2D eigenvalue weighted by Crippen LogP contribution is -2.24. The standard InChI is InChI=1S/C15H19NO2S/c1-11(13-6-7-19-10-13)16-9-15(17)12-4-3-5-14(8-12)18-2/h3-8,10-11,15-17H,9H2,1-2H3/t11-,15+/m0/s1. The fraction of sp³-hybridized carbons (Fsp3) is 0.333.